The number of rotatable bonds is 8. The molecule has 2 N–H and O–H groups in total. The van der Waals surface area contributed by atoms with Crippen molar-refractivity contribution in [1.82, 2.24) is 9.62 Å². The lowest BCUT2D eigenvalue weighted by molar-refractivity contribution is -0.139. The zero-order chi connectivity index (χ0) is 20.0. The van der Waals surface area contributed by atoms with Gasteiger partial charge in [0, 0.05) is 38.8 Å². The number of nitrogens with one attached hydrogen (secondary N) is 1. The number of ether oxygens (including phenoxy) is 1. The number of piperidine rings is 1. The predicted molar refractivity (Wildman–Crippen MR) is 99.2 cm³/mol. The Morgan fingerprint density at radius 1 is 1.26 bits per heavy atom. The highest BCUT2D eigenvalue weighted by Crippen LogP contribution is 2.23. The predicted octanol–water partition coefficient (Wildman–Crippen LogP) is 1.39. The standard InChI is InChI=1S/C18H26N2O6S/c1-13-6-7-14(27(24,25)20-9-4-3-5-10-20)12-15(13)17(21)19-16(18(22)23)8-11-26-2/h6-7,12,16H,3-5,8-11H2,1-2H3,(H,19,21)(H,22,23). The molecule has 1 aliphatic rings. The van der Waals surface area contributed by atoms with Gasteiger partial charge in [-0.3, -0.25) is 4.79 Å². The van der Waals surface area contributed by atoms with Crippen LogP contribution in [0.5, 0.6) is 0 Å². The summed E-state index contributed by atoms with van der Waals surface area (Å²) in [6.07, 6.45) is 2.75. The molecular formula is C18H26N2O6S. The lowest BCUT2D eigenvalue weighted by atomic mass is 10.1. The summed E-state index contributed by atoms with van der Waals surface area (Å²) in [7, 11) is -2.23. The molecule has 8 nitrogen and oxygen atoms in total. The van der Waals surface area contributed by atoms with Crippen LogP contribution in [-0.2, 0) is 19.6 Å². The number of hydrogen-bond donors (Lipinski definition) is 2. The van der Waals surface area contributed by atoms with Gasteiger partial charge in [-0.05, 0) is 37.5 Å². The van der Waals surface area contributed by atoms with Gasteiger partial charge in [0.15, 0.2) is 0 Å². The van der Waals surface area contributed by atoms with E-state index in [0.29, 0.717) is 18.7 Å². The first kappa shape index (κ1) is 21.3. The van der Waals surface area contributed by atoms with Crippen molar-refractivity contribution in [3.63, 3.8) is 0 Å². The average molecular weight is 398 g/mol. The third kappa shape index (κ3) is 5.27. The van der Waals surface area contributed by atoms with Gasteiger partial charge in [-0.25, -0.2) is 13.2 Å². The van der Waals surface area contributed by atoms with Gasteiger partial charge in [-0.2, -0.15) is 4.31 Å². The van der Waals surface area contributed by atoms with Crippen molar-refractivity contribution in [2.24, 2.45) is 0 Å². The Balaban J connectivity index is 2.25. The molecule has 1 atom stereocenters. The third-order valence-corrected chi connectivity index (χ3v) is 6.52. The molecule has 1 amide bonds. The van der Waals surface area contributed by atoms with Crippen molar-refractivity contribution in [3.05, 3.63) is 29.3 Å². The van der Waals surface area contributed by atoms with Gasteiger partial charge in [0.2, 0.25) is 10.0 Å². The van der Waals surface area contributed by atoms with Crippen molar-refractivity contribution in [2.45, 2.75) is 43.5 Å². The Morgan fingerprint density at radius 3 is 2.52 bits per heavy atom. The van der Waals surface area contributed by atoms with Crippen LogP contribution in [0.3, 0.4) is 0 Å². The number of aliphatic carboxylic acids is 1. The highest BCUT2D eigenvalue weighted by atomic mass is 32.2. The second-order valence-corrected chi connectivity index (χ2v) is 8.53. The van der Waals surface area contributed by atoms with Crippen LogP contribution in [0.15, 0.2) is 23.1 Å². The number of carboxylic acid groups (broad SMARTS) is 1. The van der Waals surface area contributed by atoms with E-state index in [0.717, 1.165) is 19.3 Å². The Kier molecular flexibility index (Phi) is 7.34. The maximum absolute atomic E-state index is 12.8. The first-order valence-electron chi connectivity index (χ1n) is 8.90. The molecule has 1 aliphatic heterocycles. The lowest BCUT2D eigenvalue weighted by Crippen LogP contribution is -2.42. The zero-order valence-electron chi connectivity index (χ0n) is 15.6. The molecule has 0 radical (unpaired) electrons. The van der Waals surface area contributed by atoms with Crippen LogP contribution in [0.2, 0.25) is 0 Å². The Bertz CT molecular complexity index is 787. The second kappa shape index (κ2) is 9.29. The van der Waals surface area contributed by atoms with E-state index in [1.165, 1.54) is 23.5 Å². The summed E-state index contributed by atoms with van der Waals surface area (Å²) in [6.45, 7) is 2.79. The number of benzene rings is 1. The van der Waals surface area contributed by atoms with Gasteiger partial charge in [0.05, 0.1) is 4.90 Å². The smallest absolute Gasteiger partial charge is 0.326 e. The molecule has 0 bridgehead atoms. The van der Waals surface area contributed by atoms with Crippen LogP contribution < -0.4 is 5.32 Å². The van der Waals surface area contributed by atoms with Crippen LogP contribution in [-0.4, -0.2) is 62.6 Å². The average Bonchev–Trinajstić information content (AvgIpc) is 2.65. The van der Waals surface area contributed by atoms with Crippen LogP contribution in [0.1, 0.15) is 41.6 Å². The van der Waals surface area contributed by atoms with E-state index in [9.17, 15) is 23.1 Å². The molecule has 0 aliphatic carbocycles. The summed E-state index contributed by atoms with van der Waals surface area (Å²) < 4.78 is 32.0. The van der Waals surface area contributed by atoms with Crippen LogP contribution in [0, 0.1) is 6.92 Å². The number of hydrogen-bond acceptors (Lipinski definition) is 5. The zero-order valence-corrected chi connectivity index (χ0v) is 16.4. The lowest BCUT2D eigenvalue weighted by Gasteiger charge is -2.26. The molecule has 0 aromatic heterocycles. The fourth-order valence-electron chi connectivity index (χ4n) is 2.99. The molecule has 150 valence electrons. The molecule has 2 rings (SSSR count). The Labute approximate surface area is 159 Å². The summed E-state index contributed by atoms with van der Waals surface area (Å²) in [5.74, 6) is -1.79. The Hall–Kier alpha value is -1.97. The van der Waals surface area contributed by atoms with E-state index in [-0.39, 0.29) is 23.5 Å². The summed E-state index contributed by atoms with van der Waals surface area (Å²) in [6, 6.07) is 3.26. The van der Waals surface area contributed by atoms with Gasteiger partial charge >= 0.3 is 5.97 Å². The third-order valence-electron chi connectivity index (χ3n) is 4.62. The SMILES string of the molecule is COCCC(NC(=O)c1cc(S(=O)(=O)N2CCCCC2)ccc1C)C(=O)O. The van der Waals surface area contributed by atoms with Crippen molar-refractivity contribution >= 4 is 21.9 Å². The molecule has 1 fully saturated rings. The van der Waals surface area contributed by atoms with Crippen LogP contribution in [0.4, 0.5) is 0 Å². The van der Waals surface area contributed by atoms with E-state index >= 15 is 0 Å². The van der Waals surface area contributed by atoms with Gasteiger partial charge in [-0.15, -0.1) is 0 Å². The number of sulfonamides is 1. The number of carboxylic acids is 1. The Morgan fingerprint density at radius 2 is 1.93 bits per heavy atom. The maximum atomic E-state index is 12.8. The number of amides is 1. The summed E-state index contributed by atoms with van der Waals surface area (Å²) in [4.78, 5) is 23.9. The van der Waals surface area contributed by atoms with Gasteiger partial charge in [0.25, 0.3) is 5.91 Å². The minimum Gasteiger partial charge on any atom is -0.480 e. The number of carbonyl (C=O) groups is 2. The highest BCUT2D eigenvalue weighted by molar-refractivity contribution is 7.89. The van der Waals surface area contributed by atoms with Crippen molar-refractivity contribution < 1.29 is 27.9 Å². The van der Waals surface area contributed by atoms with Crippen molar-refractivity contribution in [2.75, 3.05) is 26.8 Å². The van der Waals surface area contributed by atoms with E-state index in [1.807, 2.05) is 0 Å². The summed E-state index contributed by atoms with van der Waals surface area (Å²) in [5, 5.41) is 11.7. The molecule has 1 aromatic rings. The molecule has 1 saturated heterocycles. The highest BCUT2D eigenvalue weighted by Gasteiger charge is 2.28. The first-order chi connectivity index (χ1) is 12.8. The summed E-state index contributed by atoms with van der Waals surface area (Å²) >= 11 is 0. The fraction of sp³-hybridized carbons (Fsp3) is 0.556. The van der Waals surface area contributed by atoms with Crippen molar-refractivity contribution in [1.29, 1.82) is 0 Å². The minimum atomic E-state index is -3.68. The van der Waals surface area contributed by atoms with Gasteiger partial charge in [-0.1, -0.05) is 12.5 Å². The van der Waals surface area contributed by atoms with E-state index in [2.05, 4.69) is 5.32 Å². The maximum Gasteiger partial charge on any atom is 0.326 e. The number of nitrogens with zero attached hydrogens (tertiary/aromatic N) is 1. The summed E-state index contributed by atoms with van der Waals surface area (Å²) in [5.41, 5.74) is 0.720. The molecule has 1 heterocycles. The van der Waals surface area contributed by atoms with E-state index in [4.69, 9.17) is 4.74 Å². The second-order valence-electron chi connectivity index (χ2n) is 6.59. The van der Waals surface area contributed by atoms with E-state index < -0.39 is 27.9 Å². The largest absolute Gasteiger partial charge is 0.480 e. The number of aryl methyl sites for hydroxylation is 1. The van der Waals surface area contributed by atoms with E-state index in [1.54, 1.807) is 13.0 Å². The van der Waals surface area contributed by atoms with Crippen LogP contribution >= 0.6 is 0 Å². The molecule has 27 heavy (non-hydrogen) atoms. The molecule has 1 aromatic carbocycles. The normalized spacial score (nSPS) is 16.7. The quantitative estimate of drug-likeness (QED) is 0.684. The molecule has 0 spiro atoms. The molecule has 0 saturated carbocycles. The molecular weight excluding hydrogens is 372 g/mol. The first-order valence-corrected chi connectivity index (χ1v) is 10.3. The monoisotopic (exact) mass is 398 g/mol. The number of carbonyl (C=O) groups excluding carboxylic acids is 1. The van der Waals surface area contributed by atoms with Crippen molar-refractivity contribution in [3.8, 4) is 0 Å². The number of methoxy groups -OCH3 is 1. The molecule has 9 heteroatoms. The van der Waals surface area contributed by atoms with Gasteiger partial charge < -0.3 is 15.2 Å². The molecule has 1 unspecified atom stereocenters. The van der Waals surface area contributed by atoms with Gasteiger partial charge in [0.1, 0.15) is 6.04 Å². The van der Waals surface area contributed by atoms with Crippen LogP contribution in [0.25, 0.3) is 0 Å². The minimum absolute atomic E-state index is 0.0453. The topological polar surface area (TPSA) is 113 Å². The fourth-order valence-corrected chi connectivity index (χ4v) is 4.53.